The maximum Gasteiger partial charge on any atom is 0.305 e. The van der Waals surface area contributed by atoms with Crippen LogP contribution in [-0.4, -0.2) is 23.1 Å². The van der Waals surface area contributed by atoms with Crippen molar-refractivity contribution in [1.29, 1.82) is 0 Å². The number of carbonyl (C=O) groups is 1. The van der Waals surface area contributed by atoms with Crippen molar-refractivity contribution >= 4 is 13.3 Å². The molecule has 3 atom stereocenters. The first-order valence-electron chi connectivity index (χ1n) is 8.66. The molecular weight excluding hydrogens is 347 g/mol. The van der Waals surface area contributed by atoms with Crippen molar-refractivity contribution in [1.82, 2.24) is 0 Å². The van der Waals surface area contributed by atoms with E-state index >= 15 is 0 Å². The zero-order valence-corrected chi connectivity index (χ0v) is 15.8. The normalized spacial score (nSPS) is 15.5. The summed E-state index contributed by atoms with van der Waals surface area (Å²) in [6, 6.07) is 18.6. The van der Waals surface area contributed by atoms with Gasteiger partial charge in [-0.3, -0.25) is 9.36 Å². The summed E-state index contributed by atoms with van der Waals surface area (Å²) in [5, 5.41) is 0. The third kappa shape index (κ3) is 5.42. The lowest BCUT2D eigenvalue weighted by Gasteiger charge is -2.29. The van der Waals surface area contributed by atoms with Gasteiger partial charge >= 0.3 is 5.97 Å². The van der Waals surface area contributed by atoms with E-state index < -0.39 is 18.9 Å². The Kier molecular flexibility index (Phi) is 7.38. The molecule has 4 nitrogen and oxygen atoms in total. The van der Waals surface area contributed by atoms with Gasteiger partial charge in [0.25, 0.3) is 0 Å². The van der Waals surface area contributed by atoms with Gasteiger partial charge < -0.3 is 9.63 Å². The van der Waals surface area contributed by atoms with Gasteiger partial charge in [-0.25, -0.2) is 0 Å². The number of esters is 1. The summed E-state index contributed by atoms with van der Waals surface area (Å²) in [4.78, 5) is 22.4. The molecule has 0 saturated carbocycles. The Labute approximate surface area is 155 Å². The maximum atomic E-state index is 13.2. The second-order valence-corrected chi connectivity index (χ2v) is 8.60. The van der Waals surface area contributed by atoms with E-state index in [4.69, 9.17) is 4.74 Å². The molecule has 0 aliphatic rings. The summed E-state index contributed by atoms with van der Waals surface area (Å²) >= 11 is 0. The van der Waals surface area contributed by atoms with Gasteiger partial charge in [-0.05, 0) is 11.1 Å². The molecule has 0 amide bonds. The minimum atomic E-state index is -3.62. The summed E-state index contributed by atoms with van der Waals surface area (Å²) in [6.45, 7) is 5.56. The topological polar surface area (TPSA) is 63.6 Å². The van der Waals surface area contributed by atoms with Gasteiger partial charge in [0.1, 0.15) is 0 Å². The molecule has 0 bridgehead atoms. The molecule has 0 aromatic heterocycles. The Balaban J connectivity index is 2.31. The van der Waals surface area contributed by atoms with Crippen LogP contribution in [0.15, 0.2) is 73.3 Å². The van der Waals surface area contributed by atoms with E-state index in [1.807, 2.05) is 60.7 Å². The Morgan fingerprint density at radius 1 is 1.15 bits per heavy atom. The minimum absolute atomic E-state index is 0.0483. The average Bonchev–Trinajstić information content (AvgIpc) is 2.65. The molecular formula is C21H25O4P. The van der Waals surface area contributed by atoms with Crippen LogP contribution >= 0.6 is 7.37 Å². The third-order valence-corrected chi connectivity index (χ3v) is 6.63. The van der Waals surface area contributed by atoms with Crippen LogP contribution in [0, 0.1) is 0 Å². The molecule has 26 heavy (non-hydrogen) atoms. The molecule has 0 fully saturated rings. The Morgan fingerprint density at radius 3 is 2.27 bits per heavy atom. The van der Waals surface area contributed by atoms with E-state index in [2.05, 4.69) is 6.58 Å². The molecule has 2 aromatic carbocycles. The highest BCUT2D eigenvalue weighted by Gasteiger charge is 2.36. The molecule has 1 N–H and O–H groups in total. The predicted molar refractivity (Wildman–Crippen MR) is 104 cm³/mol. The molecule has 2 aromatic rings. The van der Waals surface area contributed by atoms with E-state index in [-0.39, 0.29) is 25.2 Å². The maximum absolute atomic E-state index is 13.2. The molecule has 5 heteroatoms. The van der Waals surface area contributed by atoms with Gasteiger partial charge in [-0.15, -0.1) is 6.58 Å². The van der Waals surface area contributed by atoms with E-state index in [1.54, 1.807) is 6.92 Å². The van der Waals surface area contributed by atoms with Crippen LogP contribution in [0.25, 0.3) is 0 Å². The average molecular weight is 372 g/mol. The molecule has 0 aliphatic carbocycles. The van der Waals surface area contributed by atoms with Crippen molar-refractivity contribution in [3.05, 3.63) is 84.4 Å². The number of ether oxygens (including phenoxy) is 1. The van der Waals surface area contributed by atoms with Crippen molar-refractivity contribution in [3.63, 3.8) is 0 Å². The fourth-order valence-corrected chi connectivity index (χ4v) is 5.03. The van der Waals surface area contributed by atoms with Crippen LogP contribution in [0.1, 0.15) is 30.4 Å². The van der Waals surface area contributed by atoms with Crippen LogP contribution in [0.3, 0.4) is 0 Å². The third-order valence-electron chi connectivity index (χ3n) is 4.31. The molecule has 138 valence electrons. The predicted octanol–water partition coefficient (Wildman–Crippen LogP) is 4.75. The lowest BCUT2D eigenvalue weighted by Crippen LogP contribution is -2.24. The highest BCUT2D eigenvalue weighted by molar-refractivity contribution is 7.58. The van der Waals surface area contributed by atoms with Gasteiger partial charge in [0.2, 0.25) is 7.37 Å². The quantitative estimate of drug-likeness (QED) is 0.392. The fourth-order valence-electron chi connectivity index (χ4n) is 2.94. The molecule has 0 heterocycles. The summed E-state index contributed by atoms with van der Waals surface area (Å²) < 4.78 is 18.5. The molecule has 0 radical (unpaired) electrons. The van der Waals surface area contributed by atoms with E-state index in [0.29, 0.717) is 0 Å². The summed E-state index contributed by atoms with van der Waals surface area (Å²) in [6.07, 6.45) is 1.83. The first-order chi connectivity index (χ1) is 12.5. The molecule has 0 spiro atoms. The highest BCUT2D eigenvalue weighted by Crippen LogP contribution is 2.55. The SMILES string of the molecule is C=CC(C(COC(=O)CC)c1ccccc1)P(=O)(O)Cc1ccccc1. The minimum Gasteiger partial charge on any atom is -0.465 e. The lowest BCUT2D eigenvalue weighted by atomic mass is 9.96. The zero-order chi connectivity index (χ0) is 19.0. The van der Waals surface area contributed by atoms with Crippen molar-refractivity contribution in [2.45, 2.75) is 31.1 Å². The zero-order valence-electron chi connectivity index (χ0n) is 15.0. The molecule has 3 unspecified atom stereocenters. The second kappa shape index (κ2) is 9.51. The van der Waals surface area contributed by atoms with Gasteiger partial charge in [-0.2, -0.15) is 0 Å². The van der Waals surface area contributed by atoms with Gasteiger partial charge in [0.05, 0.1) is 18.4 Å². The van der Waals surface area contributed by atoms with Crippen molar-refractivity contribution in [2.75, 3.05) is 6.61 Å². The number of carbonyl (C=O) groups excluding carboxylic acids is 1. The lowest BCUT2D eigenvalue weighted by molar-refractivity contribution is -0.143. The van der Waals surface area contributed by atoms with E-state index in [0.717, 1.165) is 11.1 Å². The Hall–Kier alpha value is -2.16. The Bertz CT molecular complexity index is 758. The number of hydrogen-bond acceptors (Lipinski definition) is 3. The Morgan fingerprint density at radius 2 is 1.73 bits per heavy atom. The number of benzene rings is 2. The number of rotatable bonds is 9. The molecule has 0 saturated heterocycles. The van der Waals surface area contributed by atoms with E-state index in [9.17, 15) is 14.3 Å². The monoisotopic (exact) mass is 372 g/mol. The largest absolute Gasteiger partial charge is 0.465 e. The first-order valence-corrected chi connectivity index (χ1v) is 10.6. The smallest absolute Gasteiger partial charge is 0.305 e. The first kappa shape index (κ1) is 20.2. The summed E-state index contributed by atoms with van der Waals surface area (Å²) in [5.41, 5.74) is 0.931. The van der Waals surface area contributed by atoms with Crippen LogP contribution in [0.4, 0.5) is 0 Å². The standard InChI is InChI=1S/C21H25O4P/c1-3-20(26(23,24)16-17-11-7-5-8-12-17)19(15-25-21(22)4-2)18-13-9-6-10-14-18/h3,5-14,19-20H,1,4,15-16H2,2H3,(H,23,24). The number of hydrogen-bond donors (Lipinski definition) is 1. The van der Waals surface area contributed by atoms with Crippen LogP contribution in [0.5, 0.6) is 0 Å². The van der Waals surface area contributed by atoms with Gasteiger partial charge in [0, 0.05) is 12.3 Å². The molecule has 2 rings (SSSR count). The number of allylic oxidation sites excluding steroid dienone is 1. The second-order valence-electron chi connectivity index (χ2n) is 6.18. The van der Waals surface area contributed by atoms with Crippen LogP contribution in [0.2, 0.25) is 0 Å². The van der Waals surface area contributed by atoms with Crippen LogP contribution in [-0.2, 0) is 20.3 Å². The summed E-state index contributed by atoms with van der Waals surface area (Å²) in [5.74, 6) is -0.756. The highest BCUT2D eigenvalue weighted by atomic mass is 31.2. The van der Waals surface area contributed by atoms with Crippen molar-refractivity contribution in [2.24, 2.45) is 0 Å². The van der Waals surface area contributed by atoms with Crippen LogP contribution < -0.4 is 0 Å². The van der Waals surface area contributed by atoms with Gasteiger partial charge in [0.15, 0.2) is 0 Å². The van der Waals surface area contributed by atoms with Crippen molar-refractivity contribution < 1.29 is 19.0 Å². The fraction of sp³-hybridized carbons (Fsp3) is 0.286. The van der Waals surface area contributed by atoms with Crippen molar-refractivity contribution in [3.8, 4) is 0 Å². The summed E-state index contributed by atoms with van der Waals surface area (Å²) in [7, 11) is -3.62. The molecule has 0 aliphatic heterocycles. The van der Waals surface area contributed by atoms with E-state index in [1.165, 1.54) is 6.08 Å². The van der Waals surface area contributed by atoms with Gasteiger partial charge in [-0.1, -0.05) is 73.7 Å².